The highest BCUT2D eigenvalue weighted by Crippen LogP contribution is 2.48. The number of amides is 1. The van der Waals surface area contributed by atoms with Gasteiger partial charge in [-0.3, -0.25) is 9.52 Å². The van der Waals surface area contributed by atoms with E-state index in [4.69, 9.17) is 0 Å². The second-order valence-electron chi connectivity index (χ2n) is 8.80. The van der Waals surface area contributed by atoms with E-state index in [1.165, 1.54) is 0 Å². The van der Waals surface area contributed by atoms with Gasteiger partial charge in [-0.05, 0) is 60.1 Å². The lowest BCUT2D eigenvalue weighted by Gasteiger charge is -2.19. The van der Waals surface area contributed by atoms with E-state index in [2.05, 4.69) is 30.8 Å². The standard InChI is InChI=1S/C23H30N2O3S/c1-5-16-24-21(26)23(14-15-23)18-6-10-19(11-7-18)25-29(27,28)20-12-8-17(9-13-20)22(2,3)4/h6-13,25H,5,14-16H2,1-4H3,(H,24,26). The molecule has 1 amide bonds. The van der Waals surface area contributed by atoms with Gasteiger partial charge in [0, 0.05) is 12.2 Å². The summed E-state index contributed by atoms with van der Waals surface area (Å²) in [6.07, 6.45) is 2.56. The van der Waals surface area contributed by atoms with E-state index in [9.17, 15) is 13.2 Å². The fourth-order valence-corrected chi connectivity index (χ4v) is 4.44. The molecule has 29 heavy (non-hydrogen) atoms. The highest BCUT2D eigenvalue weighted by atomic mass is 32.2. The predicted octanol–water partition coefficient (Wildman–Crippen LogP) is 4.34. The molecule has 2 N–H and O–H groups in total. The zero-order chi connectivity index (χ0) is 21.3. The van der Waals surface area contributed by atoms with Crippen molar-refractivity contribution in [2.45, 2.75) is 62.7 Å². The molecule has 1 aliphatic rings. The van der Waals surface area contributed by atoms with Crippen LogP contribution in [0.5, 0.6) is 0 Å². The number of rotatable bonds is 7. The molecule has 2 aromatic rings. The topological polar surface area (TPSA) is 75.3 Å². The number of benzene rings is 2. The summed E-state index contributed by atoms with van der Waals surface area (Å²) in [5.74, 6) is 0.0617. The van der Waals surface area contributed by atoms with Gasteiger partial charge in [0.25, 0.3) is 10.0 Å². The number of hydrogen-bond acceptors (Lipinski definition) is 3. The molecule has 0 unspecified atom stereocenters. The maximum Gasteiger partial charge on any atom is 0.261 e. The van der Waals surface area contributed by atoms with Crippen molar-refractivity contribution in [1.29, 1.82) is 0 Å². The monoisotopic (exact) mass is 414 g/mol. The van der Waals surface area contributed by atoms with E-state index < -0.39 is 15.4 Å². The van der Waals surface area contributed by atoms with Gasteiger partial charge in [-0.2, -0.15) is 0 Å². The fraction of sp³-hybridized carbons (Fsp3) is 0.435. The van der Waals surface area contributed by atoms with E-state index in [0.29, 0.717) is 12.2 Å². The van der Waals surface area contributed by atoms with Gasteiger partial charge < -0.3 is 5.32 Å². The summed E-state index contributed by atoms with van der Waals surface area (Å²) in [7, 11) is -3.67. The lowest BCUT2D eigenvalue weighted by Crippen LogP contribution is -2.35. The summed E-state index contributed by atoms with van der Waals surface area (Å²) >= 11 is 0. The van der Waals surface area contributed by atoms with Crippen molar-refractivity contribution in [3.63, 3.8) is 0 Å². The Morgan fingerprint density at radius 2 is 1.59 bits per heavy atom. The first-order valence-electron chi connectivity index (χ1n) is 10.1. The summed E-state index contributed by atoms with van der Waals surface area (Å²) in [6.45, 7) is 8.96. The van der Waals surface area contributed by atoms with Crippen LogP contribution in [-0.4, -0.2) is 20.9 Å². The third-order valence-corrected chi connectivity index (χ3v) is 6.84. The number of carbonyl (C=O) groups is 1. The van der Waals surface area contributed by atoms with Crippen LogP contribution in [0, 0.1) is 0 Å². The Morgan fingerprint density at radius 1 is 1.00 bits per heavy atom. The van der Waals surface area contributed by atoms with Crippen molar-refractivity contribution in [3.8, 4) is 0 Å². The van der Waals surface area contributed by atoms with Gasteiger partial charge in [-0.25, -0.2) is 8.42 Å². The smallest absolute Gasteiger partial charge is 0.261 e. The van der Waals surface area contributed by atoms with Crippen LogP contribution in [0.1, 0.15) is 58.1 Å². The van der Waals surface area contributed by atoms with E-state index in [1.807, 2.05) is 31.2 Å². The average molecular weight is 415 g/mol. The van der Waals surface area contributed by atoms with Crippen molar-refractivity contribution in [3.05, 3.63) is 59.7 Å². The second kappa shape index (κ2) is 7.82. The molecule has 0 saturated heterocycles. The molecule has 6 heteroatoms. The minimum absolute atomic E-state index is 0.0340. The van der Waals surface area contributed by atoms with Gasteiger partial charge in [0.15, 0.2) is 0 Å². The van der Waals surface area contributed by atoms with Gasteiger partial charge in [0.05, 0.1) is 10.3 Å². The summed E-state index contributed by atoms with van der Waals surface area (Å²) in [5, 5.41) is 2.97. The first kappa shape index (κ1) is 21.4. The van der Waals surface area contributed by atoms with Crippen LogP contribution in [0.4, 0.5) is 5.69 Å². The van der Waals surface area contributed by atoms with Crippen LogP contribution in [0.3, 0.4) is 0 Å². The molecule has 156 valence electrons. The molecule has 2 aromatic carbocycles. The molecule has 1 fully saturated rings. The normalized spacial score (nSPS) is 15.6. The number of sulfonamides is 1. The van der Waals surface area contributed by atoms with Crippen LogP contribution in [0.2, 0.25) is 0 Å². The van der Waals surface area contributed by atoms with Crippen LogP contribution >= 0.6 is 0 Å². The van der Waals surface area contributed by atoms with E-state index in [0.717, 1.165) is 30.4 Å². The van der Waals surface area contributed by atoms with Crippen molar-refractivity contribution in [1.82, 2.24) is 5.32 Å². The molecule has 0 heterocycles. The Balaban J connectivity index is 1.73. The van der Waals surface area contributed by atoms with E-state index in [-0.39, 0.29) is 16.2 Å². The van der Waals surface area contributed by atoms with Crippen molar-refractivity contribution in [2.24, 2.45) is 0 Å². The van der Waals surface area contributed by atoms with Crippen molar-refractivity contribution in [2.75, 3.05) is 11.3 Å². The molecule has 5 nitrogen and oxygen atoms in total. The third-order valence-electron chi connectivity index (χ3n) is 5.44. The Morgan fingerprint density at radius 3 is 2.07 bits per heavy atom. The predicted molar refractivity (Wildman–Crippen MR) is 117 cm³/mol. The fourth-order valence-electron chi connectivity index (χ4n) is 3.39. The summed E-state index contributed by atoms with van der Waals surface area (Å²) in [4.78, 5) is 12.7. The largest absolute Gasteiger partial charge is 0.355 e. The lowest BCUT2D eigenvalue weighted by molar-refractivity contribution is -0.123. The molecule has 3 rings (SSSR count). The first-order valence-corrected chi connectivity index (χ1v) is 11.6. The highest BCUT2D eigenvalue weighted by Gasteiger charge is 2.50. The van der Waals surface area contributed by atoms with Gasteiger partial charge in [-0.1, -0.05) is 52.0 Å². The van der Waals surface area contributed by atoms with Gasteiger partial charge in [-0.15, -0.1) is 0 Å². The molecule has 0 spiro atoms. The number of hydrogen-bond donors (Lipinski definition) is 2. The Hall–Kier alpha value is -2.34. The molecular weight excluding hydrogens is 384 g/mol. The van der Waals surface area contributed by atoms with Gasteiger partial charge >= 0.3 is 0 Å². The molecule has 0 aromatic heterocycles. The zero-order valence-corrected chi connectivity index (χ0v) is 18.4. The third kappa shape index (κ3) is 4.64. The molecule has 0 radical (unpaired) electrons. The number of nitrogens with one attached hydrogen (secondary N) is 2. The van der Waals surface area contributed by atoms with Crippen LogP contribution in [0.25, 0.3) is 0 Å². The van der Waals surface area contributed by atoms with E-state index >= 15 is 0 Å². The maximum atomic E-state index is 12.7. The molecule has 1 aliphatic carbocycles. The minimum atomic E-state index is -3.67. The zero-order valence-electron chi connectivity index (χ0n) is 17.6. The molecule has 0 bridgehead atoms. The highest BCUT2D eigenvalue weighted by molar-refractivity contribution is 7.92. The Bertz CT molecular complexity index is 968. The van der Waals surface area contributed by atoms with Crippen LogP contribution in [0.15, 0.2) is 53.4 Å². The lowest BCUT2D eigenvalue weighted by atomic mass is 9.87. The molecular formula is C23H30N2O3S. The second-order valence-corrected chi connectivity index (χ2v) is 10.5. The Kier molecular flexibility index (Phi) is 5.77. The van der Waals surface area contributed by atoms with Gasteiger partial charge in [0.2, 0.25) is 5.91 Å². The molecule has 0 aliphatic heterocycles. The SMILES string of the molecule is CCCNC(=O)C1(c2ccc(NS(=O)(=O)c3ccc(C(C)(C)C)cc3)cc2)CC1. The van der Waals surface area contributed by atoms with Crippen molar-refractivity contribution < 1.29 is 13.2 Å². The Labute approximate surface area is 174 Å². The number of carbonyl (C=O) groups excluding carboxylic acids is 1. The summed E-state index contributed by atoms with van der Waals surface area (Å²) in [5.41, 5.74) is 2.02. The summed E-state index contributed by atoms with van der Waals surface area (Å²) in [6, 6.07) is 14.1. The van der Waals surface area contributed by atoms with E-state index in [1.54, 1.807) is 24.3 Å². The average Bonchev–Trinajstić information content (AvgIpc) is 3.48. The first-order chi connectivity index (χ1) is 13.6. The van der Waals surface area contributed by atoms with Gasteiger partial charge in [0.1, 0.15) is 0 Å². The van der Waals surface area contributed by atoms with Crippen LogP contribution in [-0.2, 0) is 25.6 Å². The molecule has 0 atom stereocenters. The minimum Gasteiger partial charge on any atom is -0.355 e. The summed E-state index contributed by atoms with van der Waals surface area (Å²) < 4.78 is 28.0. The van der Waals surface area contributed by atoms with Crippen molar-refractivity contribution >= 4 is 21.6 Å². The number of anilines is 1. The molecule has 1 saturated carbocycles. The van der Waals surface area contributed by atoms with Crippen LogP contribution < -0.4 is 10.0 Å². The quantitative estimate of drug-likeness (QED) is 0.707. The maximum absolute atomic E-state index is 12.7.